The molecule has 1 aliphatic rings. The van der Waals surface area contributed by atoms with Crippen LogP contribution in [0.5, 0.6) is 0 Å². The molecule has 1 fully saturated rings. The van der Waals surface area contributed by atoms with E-state index < -0.39 is 0 Å². The van der Waals surface area contributed by atoms with Crippen molar-refractivity contribution in [3.05, 3.63) is 12.7 Å². The van der Waals surface area contributed by atoms with Crippen LogP contribution in [0.25, 0.3) is 0 Å². The van der Waals surface area contributed by atoms with Gasteiger partial charge in [0.2, 0.25) is 0 Å². The molecule has 0 aliphatic carbocycles. The second kappa shape index (κ2) is 5.37. The third kappa shape index (κ3) is 3.10. The summed E-state index contributed by atoms with van der Waals surface area (Å²) in [7, 11) is 2.11. The fourth-order valence-electron chi connectivity index (χ4n) is 1.87. The van der Waals surface area contributed by atoms with Gasteiger partial charge < -0.3 is 10.0 Å². The lowest BCUT2D eigenvalue weighted by Crippen LogP contribution is -2.42. The Morgan fingerprint density at radius 1 is 1.54 bits per heavy atom. The van der Waals surface area contributed by atoms with Crippen LogP contribution < -0.4 is 0 Å². The number of nitrogens with zero attached hydrogens (tertiary/aromatic N) is 2. The first-order valence-electron chi connectivity index (χ1n) is 4.92. The average molecular weight is 184 g/mol. The highest BCUT2D eigenvalue weighted by Crippen LogP contribution is 2.07. The Labute approximate surface area is 80.6 Å². The summed E-state index contributed by atoms with van der Waals surface area (Å²) in [5.74, 6) is 0. The molecular formula is C10H20N2O. The summed E-state index contributed by atoms with van der Waals surface area (Å²) in [5, 5.41) is 9.23. The Morgan fingerprint density at radius 2 is 2.31 bits per heavy atom. The van der Waals surface area contributed by atoms with E-state index in [1.54, 1.807) is 0 Å². The van der Waals surface area contributed by atoms with Gasteiger partial charge in [0.1, 0.15) is 0 Å². The zero-order valence-corrected chi connectivity index (χ0v) is 8.45. The predicted octanol–water partition coefficient (Wildman–Crippen LogP) is 0.171. The van der Waals surface area contributed by atoms with Crippen molar-refractivity contribution < 1.29 is 5.11 Å². The van der Waals surface area contributed by atoms with Gasteiger partial charge in [-0.05, 0) is 20.0 Å². The van der Waals surface area contributed by atoms with E-state index in [0.29, 0.717) is 0 Å². The predicted molar refractivity (Wildman–Crippen MR) is 54.8 cm³/mol. The molecule has 1 atom stereocenters. The summed E-state index contributed by atoms with van der Waals surface area (Å²) >= 11 is 0. The second-order valence-corrected chi connectivity index (χ2v) is 3.74. The van der Waals surface area contributed by atoms with Crippen molar-refractivity contribution in [1.29, 1.82) is 0 Å². The van der Waals surface area contributed by atoms with Crippen LogP contribution in [0.1, 0.15) is 6.42 Å². The Bertz CT molecular complexity index is 161. The van der Waals surface area contributed by atoms with Crippen molar-refractivity contribution in [3.63, 3.8) is 0 Å². The highest BCUT2D eigenvalue weighted by atomic mass is 16.3. The minimum absolute atomic E-state index is 0.248. The number of hydrogen-bond donors (Lipinski definition) is 1. The lowest BCUT2D eigenvalue weighted by molar-refractivity contribution is 0.127. The molecule has 1 N–H and O–H groups in total. The normalized spacial score (nSPS) is 27.1. The number of aliphatic hydroxyl groups excluding tert-OH is 1. The smallest absolute Gasteiger partial charge is 0.0599 e. The molecule has 0 aromatic carbocycles. The maximum absolute atomic E-state index is 9.23. The highest BCUT2D eigenvalue weighted by Gasteiger charge is 2.21. The van der Waals surface area contributed by atoms with Crippen molar-refractivity contribution >= 4 is 0 Å². The van der Waals surface area contributed by atoms with Gasteiger partial charge in [0.15, 0.2) is 0 Å². The summed E-state index contributed by atoms with van der Waals surface area (Å²) in [4.78, 5) is 4.58. The molecular weight excluding hydrogens is 164 g/mol. The van der Waals surface area contributed by atoms with E-state index in [-0.39, 0.29) is 12.6 Å². The SMILES string of the molecule is C=CCN1CCCN(C)CC1CO. The Balaban J connectivity index is 2.52. The zero-order chi connectivity index (χ0) is 9.68. The van der Waals surface area contributed by atoms with Gasteiger partial charge in [0.25, 0.3) is 0 Å². The van der Waals surface area contributed by atoms with E-state index >= 15 is 0 Å². The van der Waals surface area contributed by atoms with Gasteiger partial charge in [-0.3, -0.25) is 4.90 Å². The maximum Gasteiger partial charge on any atom is 0.0599 e. The first kappa shape index (κ1) is 10.7. The van der Waals surface area contributed by atoms with Crippen molar-refractivity contribution in [2.45, 2.75) is 12.5 Å². The van der Waals surface area contributed by atoms with E-state index in [1.807, 2.05) is 6.08 Å². The van der Waals surface area contributed by atoms with Crippen LogP contribution in [0.2, 0.25) is 0 Å². The largest absolute Gasteiger partial charge is 0.395 e. The molecule has 1 saturated heterocycles. The van der Waals surface area contributed by atoms with Crippen LogP contribution in [-0.2, 0) is 0 Å². The number of rotatable bonds is 3. The molecule has 0 bridgehead atoms. The van der Waals surface area contributed by atoms with Gasteiger partial charge in [-0.25, -0.2) is 0 Å². The maximum atomic E-state index is 9.23. The van der Waals surface area contributed by atoms with Gasteiger partial charge >= 0.3 is 0 Å². The van der Waals surface area contributed by atoms with E-state index in [4.69, 9.17) is 0 Å². The van der Waals surface area contributed by atoms with Gasteiger partial charge in [0, 0.05) is 25.7 Å². The van der Waals surface area contributed by atoms with Crippen LogP contribution in [0, 0.1) is 0 Å². The summed E-state index contributed by atoms with van der Waals surface area (Å²) in [6.07, 6.45) is 3.09. The van der Waals surface area contributed by atoms with Crippen molar-refractivity contribution in [3.8, 4) is 0 Å². The molecule has 0 saturated carbocycles. The second-order valence-electron chi connectivity index (χ2n) is 3.74. The van der Waals surface area contributed by atoms with E-state index in [1.165, 1.54) is 6.42 Å². The Morgan fingerprint density at radius 3 is 2.92 bits per heavy atom. The van der Waals surface area contributed by atoms with Gasteiger partial charge in [-0.15, -0.1) is 6.58 Å². The molecule has 1 heterocycles. The monoisotopic (exact) mass is 184 g/mol. The van der Waals surface area contributed by atoms with Crippen LogP contribution in [0.15, 0.2) is 12.7 Å². The Hall–Kier alpha value is -0.380. The topological polar surface area (TPSA) is 26.7 Å². The molecule has 1 rings (SSSR count). The van der Waals surface area contributed by atoms with Gasteiger partial charge in [-0.1, -0.05) is 6.08 Å². The lowest BCUT2D eigenvalue weighted by Gasteiger charge is -2.28. The third-order valence-electron chi connectivity index (χ3n) is 2.60. The van der Waals surface area contributed by atoms with Crippen molar-refractivity contribution in [2.75, 3.05) is 39.8 Å². The minimum atomic E-state index is 0.248. The number of hydrogen-bond acceptors (Lipinski definition) is 3. The summed E-state index contributed by atoms with van der Waals surface area (Å²) in [6.45, 7) is 8.04. The van der Waals surface area contributed by atoms with Crippen LogP contribution in [-0.4, -0.2) is 60.8 Å². The zero-order valence-electron chi connectivity index (χ0n) is 8.45. The van der Waals surface area contributed by atoms with Crippen LogP contribution in [0.3, 0.4) is 0 Å². The molecule has 1 unspecified atom stereocenters. The molecule has 1 aliphatic heterocycles. The fraction of sp³-hybridized carbons (Fsp3) is 0.800. The number of likely N-dealkylation sites (N-methyl/N-ethyl adjacent to an activating group) is 1. The molecule has 0 aromatic heterocycles. The minimum Gasteiger partial charge on any atom is -0.395 e. The van der Waals surface area contributed by atoms with E-state index in [0.717, 1.165) is 26.2 Å². The van der Waals surface area contributed by atoms with E-state index in [2.05, 4.69) is 23.4 Å². The molecule has 0 radical (unpaired) electrons. The van der Waals surface area contributed by atoms with Gasteiger partial charge in [-0.2, -0.15) is 0 Å². The quantitative estimate of drug-likeness (QED) is 0.633. The molecule has 0 amide bonds. The molecule has 0 aromatic rings. The Kier molecular flexibility index (Phi) is 4.42. The molecule has 0 spiro atoms. The summed E-state index contributed by atoms with van der Waals surface area (Å²) < 4.78 is 0. The highest BCUT2D eigenvalue weighted by molar-refractivity contribution is 4.83. The van der Waals surface area contributed by atoms with E-state index in [9.17, 15) is 5.11 Å². The van der Waals surface area contributed by atoms with Crippen molar-refractivity contribution in [1.82, 2.24) is 9.80 Å². The summed E-state index contributed by atoms with van der Waals surface area (Å²) in [6, 6.07) is 0.283. The van der Waals surface area contributed by atoms with Gasteiger partial charge in [0.05, 0.1) is 6.61 Å². The molecule has 13 heavy (non-hydrogen) atoms. The average Bonchev–Trinajstić information content (AvgIpc) is 2.29. The van der Waals surface area contributed by atoms with Crippen LogP contribution >= 0.6 is 0 Å². The third-order valence-corrected chi connectivity index (χ3v) is 2.60. The lowest BCUT2D eigenvalue weighted by atomic mass is 10.2. The van der Waals surface area contributed by atoms with Crippen LogP contribution in [0.4, 0.5) is 0 Å². The standard InChI is InChI=1S/C10H20N2O/c1-3-5-12-7-4-6-11(2)8-10(12)9-13/h3,10,13H,1,4-9H2,2H3. The number of aliphatic hydroxyl groups is 1. The molecule has 3 heteroatoms. The fourth-order valence-corrected chi connectivity index (χ4v) is 1.87. The first-order valence-corrected chi connectivity index (χ1v) is 4.92. The van der Waals surface area contributed by atoms with Crippen molar-refractivity contribution in [2.24, 2.45) is 0 Å². The first-order chi connectivity index (χ1) is 6.27. The molecule has 3 nitrogen and oxygen atoms in total. The summed E-state index contributed by atoms with van der Waals surface area (Å²) in [5.41, 5.74) is 0. The molecule has 76 valence electrons.